The molecule has 0 aromatic carbocycles. The molecular formula is C12H16FN5. The van der Waals surface area contributed by atoms with Crippen LogP contribution >= 0.6 is 0 Å². The molecule has 0 aliphatic carbocycles. The minimum Gasteiger partial charge on any atom is -0.313 e. The summed E-state index contributed by atoms with van der Waals surface area (Å²) in [5, 5.41) is 7.21. The van der Waals surface area contributed by atoms with Gasteiger partial charge in [-0.15, -0.1) is 0 Å². The molecule has 6 heteroatoms. The highest BCUT2D eigenvalue weighted by molar-refractivity contribution is 5.18. The molecule has 5 nitrogen and oxygen atoms in total. The van der Waals surface area contributed by atoms with Crippen LogP contribution < -0.4 is 5.32 Å². The highest BCUT2D eigenvalue weighted by atomic mass is 19.1. The molecule has 2 rings (SSSR count). The minimum absolute atomic E-state index is 0.137. The lowest BCUT2D eigenvalue weighted by atomic mass is 10.0. The lowest BCUT2D eigenvalue weighted by molar-refractivity contribution is 0.503. The molecule has 1 atom stereocenters. The molecule has 18 heavy (non-hydrogen) atoms. The molecule has 96 valence electrons. The Balaban J connectivity index is 2.23. The van der Waals surface area contributed by atoms with Gasteiger partial charge in [-0.05, 0) is 20.0 Å². The van der Waals surface area contributed by atoms with Gasteiger partial charge in [0.05, 0.1) is 6.20 Å². The number of nitrogens with zero attached hydrogens (tertiary/aromatic N) is 4. The summed E-state index contributed by atoms with van der Waals surface area (Å²) in [6.07, 6.45) is 4.93. The maximum Gasteiger partial charge on any atom is 0.146 e. The van der Waals surface area contributed by atoms with E-state index in [1.54, 1.807) is 19.3 Å². The van der Waals surface area contributed by atoms with Crippen LogP contribution in [0.25, 0.3) is 0 Å². The third-order valence-corrected chi connectivity index (χ3v) is 2.91. The highest BCUT2D eigenvalue weighted by Crippen LogP contribution is 2.19. The fourth-order valence-electron chi connectivity index (χ4n) is 1.93. The first-order valence-corrected chi connectivity index (χ1v) is 5.89. The Bertz CT molecular complexity index is 511. The van der Waals surface area contributed by atoms with Crippen molar-refractivity contribution in [3.8, 4) is 0 Å². The highest BCUT2D eigenvalue weighted by Gasteiger charge is 2.17. The average Bonchev–Trinajstić information content (AvgIpc) is 2.84. The molecule has 0 saturated carbocycles. The third kappa shape index (κ3) is 2.53. The largest absolute Gasteiger partial charge is 0.313 e. The molecule has 0 spiro atoms. The van der Waals surface area contributed by atoms with Crippen molar-refractivity contribution in [1.29, 1.82) is 0 Å². The fraction of sp³-hybridized carbons (Fsp3) is 0.417. The standard InChI is InChI=1S/C12H16FN5/c1-3-18-12(16-8-17-18)6-11(14-2)9-4-5-15-7-10(9)13/h4-5,7-8,11,14H,3,6H2,1-2H3. The van der Waals surface area contributed by atoms with E-state index in [1.165, 1.54) is 12.5 Å². The Hall–Kier alpha value is -1.82. The first-order chi connectivity index (χ1) is 8.76. The summed E-state index contributed by atoms with van der Waals surface area (Å²) in [4.78, 5) is 7.96. The Kier molecular flexibility index (Phi) is 3.99. The van der Waals surface area contributed by atoms with E-state index in [0.29, 0.717) is 12.0 Å². The maximum atomic E-state index is 13.7. The van der Waals surface area contributed by atoms with Crippen LogP contribution in [0, 0.1) is 5.82 Å². The van der Waals surface area contributed by atoms with Crippen LogP contribution in [0.2, 0.25) is 0 Å². The predicted octanol–water partition coefficient (Wildman–Crippen LogP) is 1.34. The van der Waals surface area contributed by atoms with Gasteiger partial charge in [0.2, 0.25) is 0 Å². The quantitative estimate of drug-likeness (QED) is 0.868. The summed E-state index contributed by atoms with van der Waals surface area (Å²) in [6.45, 7) is 2.75. The Morgan fingerprint density at radius 2 is 2.33 bits per heavy atom. The third-order valence-electron chi connectivity index (χ3n) is 2.91. The van der Waals surface area contributed by atoms with Gasteiger partial charge < -0.3 is 5.32 Å². The summed E-state index contributed by atoms with van der Waals surface area (Å²) in [7, 11) is 1.80. The smallest absolute Gasteiger partial charge is 0.146 e. The van der Waals surface area contributed by atoms with Crippen molar-refractivity contribution >= 4 is 0 Å². The van der Waals surface area contributed by atoms with Crippen molar-refractivity contribution in [2.24, 2.45) is 0 Å². The number of rotatable bonds is 5. The van der Waals surface area contributed by atoms with Gasteiger partial charge in [-0.1, -0.05) is 0 Å². The van der Waals surface area contributed by atoms with Gasteiger partial charge in [-0.3, -0.25) is 9.67 Å². The molecule has 0 aliphatic rings. The Morgan fingerprint density at radius 3 is 3.00 bits per heavy atom. The number of halogens is 1. The second-order valence-electron chi connectivity index (χ2n) is 3.93. The van der Waals surface area contributed by atoms with Gasteiger partial charge in [0.15, 0.2) is 0 Å². The zero-order valence-electron chi connectivity index (χ0n) is 10.5. The topological polar surface area (TPSA) is 55.6 Å². The molecule has 2 aromatic rings. The van der Waals surface area contributed by atoms with Gasteiger partial charge in [-0.25, -0.2) is 9.37 Å². The van der Waals surface area contributed by atoms with Crippen LogP contribution in [-0.4, -0.2) is 26.8 Å². The summed E-state index contributed by atoms with van der Waals surface area (Å²) < 4.78 is 15.5. The maximum absolute atomic E-state index is 13.7. The van der Waals surface area contributed by atoms with E-state index in [-0.39, 0.29) is 11.9 Å². The van der Waals surface area contributed by atoms with Gasteiger partial charge in [0.1, 0.15) is 18.0 Å². The normalized spacial score (nSPS) is 12.6. The first-order valence-electron chi connectivity index (χ1n) is 5.89. The lowest BCUT2D eigenvalue weighted by Gasteiger charge is -2.16. The molecule has 2 aromatic heterocycles. The molecule has 0 bridgehead atoms. The van der Waals surface area contributed by atoms with Crippen molar-refractivity contribution in [1.82, 2.24) is 25.1 Å². The van der Waals surface area contributed by atoms with Crippen molar-refractivity contribution in [3.05, 3.63) is 42.0 Å². The fourth-order valence-corrected chi connectivity index (χ4v) is 1.93. The number of nitrogens with one attached hydrogen (secondary N) is 1. The van der Waals surface area contributed by atoms with Crippen LogP contribution in [0.5, 0.6) is 0 Å². The van der Waals surface area contributed by atoms with Crippen LogP contribution in [-0.2, 0) is 13.0 Å². The van der Waals surface area contributed by atoms with Crippen molar-refractivity contribution in [3.63, 3.8) is 0 Å². The van der Waals surface area contributed by atoms with E-state index in [1.807, 2.05) is 11.6 Å². The summed E-state index contributed by atoms with van der Waals surface area (Å²) in [6, 6.07) is 1.55. The second kappa shape index (κ2) is 5.68. The molecule has 1 N–H and O–H groups in total. The van der Waals surface area contributed by atoms with Crippen LogP contribution in [0.15, 0.2) is 24.8 Å². The minimum atomic E-state index is -0.306. The molecule has 1 unspecified atom stereocenters. The molecule has 2 heterocycles. The molecule has 0 aliphatic heterocycles. The van der Waals surface area contributed by atoms with Gasteiger partial charge >= 0.3 is 0 Å². The van der Waals surface area contributed by atoms with Gasteiger partial charge in [-0.2, -0.15) is 5.10 Å². The van der Waals surface area contributed by atoms with Crippen molar-refractivity contribution in [2.75, 3.05) is 7.05 Å². The number of aromatic nitrogens is 4. The molecule has 0 saturated heterocycles. The molecular weight excluding hydrogens is 233 g/mol. The van der Waals surface area contributed by atoms with Gasteiger partial charge in [0, 0.05) is 30.8 Å². The molecule has 0 fully saturated rings. The SMILES string of the molecule is CCn1ncnc1CC(NC)c1ccncc1F. The number of pyridine rings is 1. The number of hydrogen-bond donors (Lipinski definition) is 1. The number of aryl methyl sites for hydroxylation is 1. The second-order valence-corrected chi connectivity index (χ2v) is 3.93. The first kappa shape index (κ1) is 12.6. The summed E-state index contributed by atoms with van der Waals surface area (Å²) >= 11 is 0. The van der Waals surface area contributed by atoms with E-state index in [0.717, 1.165) is 12.4 Å². The van der Waals surface area contributed by atoms with E-state index in [9.17, 15) is 4.39 Å². The average molecular weight is 249 g/mol. The predicted molar refractivity (Wildman–Crippen MR) is 65.4 cm³/mol. The number of hydrogen-bond acceptors (Lipinski definition) is 4. The lowest BCUT2D eigenvalue weighted by Crippen LogP contribution is -2.22. The van der Waals surface area contributed by atoms with Crippen LogP contribution in [0.1, 0.15) is 24.4 Å². The Morgan fingerprint density at radius 1 is 1.50 bits per heavy atom. The van der Waals surface area contributed by atoms with E-state index >= 15 is 0 Å². The summed E-state index contributed by atoms with van der Waals surface area (Å²) in [5.41, 5.74) is 0.596. The van der Waals surface area contributed by atoms with E-state index in [4.69, 9.17) is 0 Å². The monoisotopic (exact) mass is 249 g/mol. The zero-order chi connectivity index (χ0) is 13.0. The van der Waals surface area contributed by atoms with E-state index < -0.39 is 0 Å². The molecule has 0 radical (unpaired) electrons. The van der Waals surface area contributed by atoms with Crippen LogP contribution in [0.3, 0.4) is 0 Å². The van der Waals surface area contributed by atoms with Crippen LogP contribution in [0.4, 0.5) is 4.39 Å². The van der Waals surface area contributed by atoms with E-state index in [2.05, 4.69) is 20.4 Å². The van der Waals surface area contributed by atoms with Gasteiger partial charge in [0.25, 0.3) is 0 Å². The summed E-state index contributed by atoms with van der Waals surface area (Å²) in [5.74, 6) is 0.535. The molecule has 0 amide bonds. The number of likely N-dealkylation sites (N-methyl/N-ethyl adjacent to an activating group) is 1. The Labute approximate surface area is 105 Å². The van der Waals surface area contributed by atoms with Crippen molar-refractivity contribution < 1.29 is 4.39 Å². The zero-order valence-corrected chi connectivity index (χ0v) is 10.5. The van der Waals surface area contributed by atoms with Crippen molar-refractivity contribution in [2.45, 2.75) is 25.9 Å².